The van der Waals surface area contributed by atoms with Crippen LogP contribution >= 0.6 is 11.3 Å². The van der Waals surface area contributed by atoms with Crippen molar-refractivity contribution >= 4 is 39.7 Å². The molecule has 4 nitrogen and oxygen atoms in total. The van der Waals surface area contributed by atoms with Crippen LogP contribution in [-0.4, -0.2) is 33.6 Å². The van der Waals surface area contributed by atoms with Crippen molar-refractivity contribution in [2.75, 3.05) is 5.75 Å². The van der Waals surface area contributed by atoms with Crippen LogP contribution in [0.2, 0.25) is 16.6 Å². The number of hydrogen-bond acceptors (Lipinski definition) is 5. The average molecular weight is 670 g/mol. The zero-order valence-corrected chi connectivity index (χ0v) is 32.1. The summed E-state index contributed by atoms with van der Waals surface area (Å²) in [6.45, 7) is 21.8. The molecule has 3 fully saturated rings. The van der Waals surface area contributed by atoms with Gasteiger partial charge in [0.1, 0.15) is 0 Å². The fourth-order valence-corrected chi connectivity index (χ4v) is 20.5. The molecule has 0 aliphatic heterocycles. The first-order valence-corrected chi connectivity index (χ1v) is 22.7. The maximum atomic E-state index is 13.6. The highest BCUT2D eigenvalue weighted by molar-refractivity contribution is 7.93. The fraction of sp³-hybridized carbons (Fsp3) is 0.763. The highest BCUT2D eigenvalue weighted by atomic mass is 32.2. The Kier molecular flexibility index (Phi) is 9.14. The van der Waals surface area contributed by atoms with Gasteiger partial charge in [-0.3, -0.25) is 0 Å². The largest absolute Gasteiger partial charge is 0.413 e. The van der Waals surface area contributed by atoms with Crippen molar-refractivity contribution in [2.45, 2.75) is 141 Å². The Balaban J connectivity index is 1.17. The molecule has 45 heavy (non-hydrogen) atoms. The normalized spacial score (nSPS) is 34.6. The zero-order chi connectivity index (χ0) is 32.5. The molecular formula is C38H59NO3S2Si. The van der Waals surface area contributed by atoms with E-state index in [9.17, 15) is 8.42 Å². The van der Waals surface area contributed by atoms with Gasteiger partial charge >= 0.3 is 0 Å². The molecule has 4 aliphatic rings. The molecule has 7 heteroatoms. The summed E-state index contributed by atoms with van der Waals surface area (Å²) in [7, 11) is -5.32. The number of rotatable bonds is 9. The van der Waals surface area contributed by atoms with Gasteiger partial charge in [-0.05, 0) is 121 Å². The van der Waals surface area contributed by atoms with E-state index >= 15 is 0 Å². The molecule has 0 spiro atoms. The molecule has 1 heterocycles. The molecule has 8 atom stereocenters. The first kappa shape index (κ1) is 33.9. The number of aromatic nitrogens is 1. The zero-order valence-electron chi connectivity index (χ0n) is 29.4. The van der Waals surface area contributed by atoms with Crippen molar-refractivity contribution in [1.82, 2.24) is 4.98 Å². The van der Waals surface area contributed by atoms with Crippen molar-refractivity contribution in [2.24, 2.45) is 40.4 Å². The van der Waals surface area contributed by atoms with Crippen LogP contribution in [0.5, 0.6) is 0 Å². The second-order valence-corrected chi connectivity index (χ2v) is 25.6. The molecule has 0 radical (unpaired) electrons. The highest BCUT2D eigenvalue weighted by Gasteiger charge is 2.60. The van der Waals surface area contributed by atoms with Crippen LogP contribution in [0.15, 0.2) is 40.3 Å². The Labute approximate surface area is 279 Å². The summed E-state index contributed by atoms with van der Waals surface area (Å²) in [6, 6.07) is 7.77. The van der Waals surface area contributed by atoms with Crippen LogP contribution in [0.25, 0.3) is 10.2 Å². The van der Waals surface area contributed by atoms with Gasteiger partial charge in [-0.2, -0.15) is 0 Å². The van der Waals surface area contributed by atoms with E-state index in [4.69, 9.17) is 4.43 Å². The maximum Gasteiger partial charge on any atom is 0.210 e. The Bertz CT molecular complexity index is 1470. The lowest BCUT2D eigenvalue weighted by atomic mass is 9.47. The number of nitrogens with zero attached hydrogens (tertiary/aromatic N) is 1. The summed E-state index contributed by atoms with van der Waals surface area (Å²) >= 11 is 1.33. The summed E-state index contributed by atoms with van der Waals surface area (Å²) in [5, 5.41) is 0. The lowest BCUT2D eigenvalue weighted by Crippen LogP contribution is -2.53. The van der Waals surface area contributed by atoms with E-state index < -0.39 is 18.2 Å². The van der Waals surface area contributed by atoms with Gasteiger partial charge < -0.3 is 4.43 Å². The molecule has 1 aromatic heterocycles. The first-order valence-electron chi connectivity index (χ1n) is 18.1. The molecule has 0 saturated heterocycles. The van der Waals surface area contributed by atoms with Gasteiger partial charge in [-0.1, -0.05) is 86.1 Å². The van der Waals surface area contributed by atoms with Crippen LogP contribution in [0.3, 0.4) is 0 Å². The van der Waals surface area contributed by atoms with Gasteiger partial charge in [-0.15, -0.1) is 11.3 Å². The third-order valence-corrected chi connectivity index (χ3v) is 23.5. The number of benzene rings is 1. The van der Waals surface area contributed by atoms with E-state index in [1.165, 1.54) is 49.9 Å². The molecular weight excluding hydrogens is 611 g/mol. The van der Waals surface area contributed by atoms with Crippen LogP contribution in [0.1, 0.15) is 114 Å². The number of sulfone groups is 1. The third kappa shape index (κ3) is 5.55. The van der Waals surface area contributed by atoms with Crippen molar-refractivity contribution < 1.29 is 12.8 Å². The molecule has 1 aromatic carbocycles. The number of allylic oxidation sites excluding steroid dienone is 1. The van der Waals surface area contributed by atoms with Gasteiger partial charge in [-0.25, -0.2) is 13.4 Å². The van der Waals surface area contributed by atoms with E-state index in [1.807, 2.05) is 24.3 Å². The summed E-state index contributed by atoms with van der Waals surface area (Å²) < 4.78 is 35.8. The van der Waals surface area contributed by atoms with Gasteiger partial charge in [0.2, 0.25) is 22.5 Å². The minimum absolute atomic E-state index is 0.138. The summed E-state index contributed by atoms with van der Waals surface area (Å²) in [5.74, 6) is 2.98. The number of thiazole rings is 1. The molecule has 0 bridgehead atoms. The second kappa shape index (κ2) is 12.1. The van der Waals surface area contributed by atoms with Crippen LogP contribution in [0, 0.1) is 40.4 Å². The van der Waals surface area contributed by atoms with E-state index in [0.717, 1.165) is 34.9 Å². The van der Waals surface area contributed by atoms with Crippen molar-refractivity contribution in [3.63, 3.8) is 0 Å². The minimum Gasteiger partial charge on any atom is -0.413 e. The maximum absolute atomic E-state index is 13.6. The SMILES string of the molecule is CC(C)[Si](O[C@H]1CC[C@@]2(C)C(=CC[C@H]3[C@@H]4CC[C@H]([C@H](C)CS(=O)(=O)c5nc6ccccc6s5)[C@@]4(C)CC[C@@H]32)C1)(C(C)C)C(C)C. The average Bonchev–Trinajstić information content (AvgIpc) is 3.57. The standard InChI is InChI=1S/C38H59NO3S2Si/c1-24(2)45(25(3)4,26(5)6)42-29-18-20-37(8)28(22-29)14-15-30-32-17-16-31(38(32,9)21-19-33(30)37)27(7)23-44(40,41)36-39-34-12-10-11-13-35(34)43-36/h10-14,24-27,29-33H,15-23H2,1-9H3/t27-,29+,30+,31-,32+,33+,37+,38-/m1/s1. The smallest absolute Gasteiger partial charge is 0.210 e. The molecule has 0 unspecified atom stereocenters. The molecule has 0 N–H and O–H groups in total. The predicted molar refractivity (Wildman–Crippen MR) is 192 cm³/mol. The first-order chi connectivity index (χ1) is 21.1. The summed E-state index contributed by atoms with van der Waals surface area (Å²) in [5.41, 5.74) is 4.89. The lowest BCUT2D eigenvalue weighted by Gasteiger charge is -2.59. The van der Waals surface area contributed by atoms with Gasteiger partial charge in [0.25, 0.3) is 0 Å². The molecule has 0 amide bonds. The van der Waals surface area contributed by atoms with Crippen molar-refractivity contribution in [1.29, 1.82) is 0 Å². The van der Waals surface area contributed by atoms with Gasteiger partial charge in [0.05, 0.1) is 16.0 Å². The lowest BCUT2D eigenvalue weighted by molar-refractivity contribution is -0.0547. The van der Waals surface area contributed by atoms with Crippen LogP contribution in [0.4, 0.5) is 0 Å². The number of hydrogen-bond donors (Lipinski definition) is 0. The Hall–Kier alpha value is -1.02. The topological polar surface area (TPSA) is 56.3 Å². The Morgan fingerprint density at radius 2 is 1.62 bits per heavy atom. The van der Waals surface area contributed by atoms with E-state index in [2.05, 4.69) is 73.4 Å². The monoisotopic (exact) mass is 669 g/mol. The quantitative estimate of drug-likeness (QED) is 0.197. The number of para-hydroxylation sites is 1. The minimum atomic E-state index is -3.42. The van der Waals surface area contributed by atoms with E-state index in [-0.39, 0.29) is 17.1 Å². The summed E-state index contributed by atoms with van der Waals surface area (Å²) in [4.78, 5) is 4.53. The van der Waals surface area contributed by atoms with Crippen LogP contribution in [-0.2, 0) is 14.3 Å². The van der Waals surface area contributed by atoms with Crippen molar-refractivity contribution in [3.8, 4) is 0 Å². The summed E-state index contributed by atoms with van der Waals surface area (Å²) in [6.07, 6.45) is 12.8. The Morgan fingerprint density at radius 3 is 2.29 bits per heavy atom. The molecule has 250 valence electrons. The highest BCUT2D eigenvalue weighted by Crippen LogP contribution is 2.67. The van der Waals surface area contributed by atoms with Crippen molar-refractivity contribution in [3.05, 3.63) is 35.9 Å². The van der Waals surface area contributed by atoms with Gasteiger partial charge in [0.15, 0.2) is 0 Å². The van der Waals surface area contributed by atoms with E-state index in [0.29, 0.717) is 44.3 Å². The predicted octanol–water partition coefficient (Wildman–Crippen LogP) is 10.8. The number of fused-ring (bicyclic) bond motifs is 6. The van der Waals surface area contributed by atoms with E-state index in [1.54, 1.807) is 5.57 Å². The molecule has 2 aromatic rings. The second-order valence-electron chi connectivity index (χ2n) is 17.0. The van der Waals surface area contributed by atoms with Crippen LogP contribution < -0.4 is 0 Å². The molecule has 4 aliphatic carbocycles. The molecule has 6 rings (SSSR count). The third-order valence-electron chi connectivity index (χ3n) is 13.9. The fourth-order valence-electron chi connectivity index (χ4n) is 11.9. The molecule has 3 saturated carbocycles. The Morgan fingerprint density at radius 1 is 0.933 bits per heavy atom. The van der Waals surface area contributed by atoms with Gasteiger partial charge in [0, 0.05) is 6.10 Å².